The van der Waals surface area contributed by atoms with Gasteiger partial charge in [0.15, 0.2) is 0 Å². The Balaban J connectivity index is 2.48. The van der Waals surface area contributed by atoms with E-state index >= 15 is 0 Å². The number of rotatable bonds is 4. The summed E-state index contributed by atoms with van der Waals surface area (Å²) in [6.07, 6.45) is 1.23. The molecule has 1 fully saturated rings. The summed E-state index contributed by atoms with van der Waals surface area (Å²) in [7, 11) is 3.04. The maximum Gasteiger partial charge on any atom is 0.353 e. The molecule has 10 heteroatoms. The second kappa shape index (κ2) is 6.31. The summed E-state index contributed by atoms with van der Waals surface area (Å²) in [5, 5.41) is 16.5. The molecule has 0 bridgehead atoms. The highest BCUT2D eigenvalue weighted by atomic mass is 16.6. The number of nitrogens with one attached hydrogen (secondary N) is 2. The molecule has 1 unspecified atom stereocenters. The van der Waals surface area contributed by atoms with Gasteiger partial charge in [-0.05, 0) is 0 Å². The zero-order valence-electron chi connectivity index (χ0n) is 11.7. The highest BCUT2D eigenvalue weighted by Gasteiger charge is 2.35. The fourth-order valence-electron chi connectivity index (χ4n) is 2.17. The summed E-state index contributed by atoms with van der Waals surface area (Å²) in [5.41, 5.74) is -0.254. The quantitative estimate of drug-likeness (QED) is 0.556. The summed E-state index contributed by atoms with van der Waals surface area (Å²) in [4.78, 5) is 32.1. The number of likely N-dealkylation sites (N-methyl/N-ethyl adjacent to an activating group) is 1. The van der Waals surface area contributed by atoms with Crippen molar-refractivity contribution >= 4 is 23.2 Å². The first-order chi connectivity index (χ1) is 10.1. The first kappa shape index (κ1) is 14.9. The molecule has 10 nitrogen and oxygen atoms in total. The average molecular weight is 296 g/mol. The van der Waals surface area contributed by atoms with Gasteiger partial charge in [-0.3, -0.25) is 14.9 Å². The molecule has 0 aliphatic carbocycles. The summed E-state index contributed by atoms with van der Waals surface area (Å²) in [5.74, 6) is -0.0722. The number of amides is 1. The lowest BCUT2D eigenvalue weighted by Gasteiger charge is -2.34. The van der Waals surface area contributed by atoms with Gasteiger partial charge in [0, 0.05) is 20.6 Å². The van der Waals surface area contributed by atoms with Crippen LogP contribution in [-0.4, -0.2) is 60.7 Å². The van der Waals surface area contributed by atoms with Crippen LogP contribution < -0.4 is 15.5 Å². The second-order valence-electron chi connectivity index (χ2n) is 4.30. The molecule has 2 N–H and O–H groups in total. The highest BCUT2D eigenvalue weighted by molar-refractivity contribution is 5.86. The first-order valence-electron chi connectivity index (χ1n) is 6.33. The molecule has 1 aromatic heterocycles. The van der Waals surface area contributed by atoms with E-state index in [4.69, 9.17) is 4.74 Å². The molecule has 0 aromatic carbocycles. The highest BCUT2D eigenvalue weighted by Crippen LogP contribution is 2.33. The van der Waals surface area contributed by atoms with Crippen molar-refractivity contribution in [2.75, 3.05) is 44.1 Å². The van der Waals surface area contributed by atoms with Crippen molar-refractivity contribution in [3.05, 3.63) is 16.4 Å². The maximum absolute atomic E-state index is 11.9. The van der Waals surface area contributed by atoms with E-state index in [0.29, 0.717) is 13.2 Å². The number of morpholine rings is 1. The van der Waals surface area contributed by atoms with E-state index in [1.54, 1.807) is 4.90 Å². The Bertz CT molecular complexity index is 552. The molecular weight excluding hydrogens is 280 g/mol. The summed E-state index contributed by atoms with van der Waals surface area (Å²) in [6, 6.07) is -0.665. The van der Waals surface area contributed by atoms with Gasteiger partial charge < -0.3 is 20.3 Å². The largest absolute Gasteiger partial charge is 0.377 e. The van der Waals surface area contributed by atoms with E-state index in [1.165, 1.54) is 20.4 Å². The Morgan fingerprint density at radius 2 is 2.29 bits per heavy atom. The number of aromatic nitrogens is 2. The lowest BCUT2D eigenvalue weighted by atomic mass is 10.2. The number of hydrogen-bond acceptors (Lipinski definition) is 8. The number of carbonyl (C=O) groups excluding carboxylic acids is 1. The summed E-state index contributed by atoms with van der Waals surface area (Å²) in [6.45, 7) is 0.846. The molecule has 0 saturated carbocycles. The lowest BCUT2D eigenvalue weighted by Crippen LogP contribution is -2.53. The van der Waals surface area contributed by atoms with Crippen LogP contribution in [0.25, 0.3) is 0 Å². The molecule has 114 valence electrons. The van der Waals surface area contributed by atoms with Crippen molar-refractivity contribution in [2.24, 2.45) is 0 Å². The Labute approximate surface area is 120 Å². The predicted molar refractivity (Wildman–Crippen MR) is 74.3 cm³/mol. The summed E-state index contributed by atoms with van der Waals surface area (Å²) < 4.78 is 5.28. The minimum Gasteiger partial charge on any atom is -0.377 e. The fourth-order valence-corrected chi connectivity index (χ4v) is 2.17. The minimum absolute atomic E-state index is 0.104. The lowest BCUT2D eigenvalue weighted by molar-refractivity contribution is -0.383. The van der Waals surface area contributed by atoms with Crippen molar-refractivity contribution < 1.29 is 14.5 Å². The van der Waals surface area contributed by atoms with Crippen LogP contribution in [0.2, 0.25) is 0 Å². The number of hydrogen-bond donors (Lipinski definition) is 2. The average Bonchev–Trinajstić information content (AvgIpc) is 2.53. The van der Waals surface area contributed by atoms with Crippen LogP contribution in [0.3, 0.4) is 0 Å². The molecule has 1 amide bonds. The summed E-state index contributed by atoms with van der Waals surface area (Å²) >= 11 is 0. The van der Waals surface area contributed by atoms with Crippen LogP contribution in [0, 0.1) is 10.1 Å². The van der Waals surface area contributed by atoms with E-state index in [9.17, 15) is 14.9 Å². The normalized spacial score (nSPS) is 18.2. The van der Waals surface area contributed by atoms with Crippen molar-refractivity contribution in [3.8, 4) is 0 Å². The van der Waals surface area contributed by atoms with Gasteiger partial charge in [-0.15, -0.1) is 0 Å². The SMILES string of the molecule is CNC(=O)C1COCCN1c1ncnc(NC)c1[N+](=O)[O-]. The van der Waals surface area contributed by atoms with Gasteiger partial charge in [0.05, 0.1) is 18.1 Å². The van der Waals surface area contributed by atoms with Gasteiger partial charge in [-0.25, -0.2) is 9.97 Å². The van der Waals surface area contributed by atoms with Crippen molar-refractivity contribution in [3.63, 3.8) is 0 Å². The molecule has 1 aliphatic rings. The monoisotopic (exact) mass is 296 g/mol. The van der Waals surface area contributed by atoms with Gasteiger partial charge in [0.2, 0.25) is 17.5 Å². The van der Waals surface area contributed by atoms with E-state index in [-0.39, 0.29) is 29.8 Å². The molecule has 0 radical (unpaired) electrons. The molecule has 2 heterocycles. The number of carbonyl (C=O) groups is 1. The molecule has 1 aromatic rings. The van der Waals surface area contributed by atoms with Gasteiger partial charge in [-0.2, -0.15) is 0 Å². The van der Waals surface area contributed by atoms with E-state index in [2.05, 4.69) is 20.6 Å². The molecule has 1 aliphatic heterocycles. The molecule has 2 rings (SSSR count). The topological polar surface area (TPSA) is 123 Å². The Morgan fingerprint density at radius 1 is 1.52 bits per heavy atom. The fraction of sp³-hybridized carbons (Fsp3) is 0.545. The third-order valence-electron chi connectivity index (χ3n) is 3.17. The molecule has 1 saturated heterocycles. The maximum atomic E-state index is 11.9. The smallest absolute Gasteiger partial charge is 0.353 e. The second-order valence-corrected chi connectivity index (χ2v) is 4.30. The van der Waals surface area contributed by atoms with Gasteiger partial charge in [0.1, 0.15) is 12.4 Å². The third-order valence-corrected chi connectivity index (χ3v) is 3.17. The van der Waals surface area contributed by atoms with Crippen LogP contribution >= 0.6 is 0 Å². The number of nitrogens with zero attached hydrogens (tertiary/aromatic N) is 4. The molecule has 0 spiro atoms. The van der Waals surface area contributed by atoms with Gasteiger partial charge in [-0.1, -0.05) is 0 Å². The van der Waals surface area contributed by atoms with Crippen molar-refractivity contribution in [1.82, 2.24) is 15.3 Å². The van der Waals surface area contributed by atoms with E-state index < -0.39 is 11.0 Å². The number of anilines is 2. The Hall–Kier alpha value is -2.49. The third kappa shape index (κ3) is 2.84. The molecule has 21 heavy (non-hydrogen) atoms. The Morgan fingerprint density at radius 3 is 2.90 bits per heavy atom. The predicted octanol–water partition coefficient (Wildman–Crippen LogP) is -0.622. The number of nitro groups is 1. The van der Waals surface area contributed by atoms with E-state index in [0.717, 1.165) is 0 Å². The minimum atomic E-state index is -0.665. The van der Waals surface area contributed by atoms with Crippen molar-refractivity contribution in [1.29, 1.82) is 0 Å². The Kier molecular flexibility index (Phi) is 4.48. The van der Waals surface area contributed by atoms with Crippen molar-refractivity contribution in [2.45, 2.75) is 6.04 Å². The molecule has 1 atom stereocenters. The van der Waals surface area contributed by atoms with Crippen LogP contribution in [-0.2, 0) is 9.53 Å². The van der Waals surface area contributed by atoms with E-state index in [1.807, 2.05) is 0 Å². The van der Waals surface area contributed by atoms with Crippen LogP contribution in [0.4, 0.5) is 17.3 Å². The molecular formula is C11H16N6O4. The van der Waals surface area contributed by atoms with Crippen LogP contribution in [0.5, 0.6) is 0 Å². The van der Waals surface area contributed by atoms with Crippen LogP contribution in [0.15, 0.2) is 6.33 Å². The zero-order chi connectivity index (χ0) is 15.4. The first-order valence-corrected chi connectivity index (χ1v) is 6.33. The van der Waals surface area contributed by atoms with Crippen LogP contribution in [0.1, 0.15) is 0 Å². The zero-order valence-corrected chi connectivity index (χ0v) is 11.7. The standard InChI is InChI=1S/C11H16N6O4/c1-12-9-8(17(19)20)10(15-6-14-9)16-3-4-21-5-7(16)11(18)13-2/h6-7H,3-5H2,1-2H3,(H,13,18)(H,12,14,15). The number of ether oxygens (including phenoxy) is 1. The van der Waals surface area contributed by atoms with Gasteiger partial charge in [0.25, 0.3) is 0 Å². The van der Waals surface area contributed by atoms with Gasteiger partial charge >= 0.3 is 5.69 Å².